The molecule has 4 aliphatic rings. The molecule has 7 rings (SSSR count). The zero-order valence-electron chi connectivity index (χ0n) is 45.3. The maximum atomic E-state index is 14.7. The zero-order valence-corrected chi connectivity index (χ0v) is 45.3. The van der Waals surface area contributed by atoms with Crippen LogP contribution in [-0.2, 0) is 49.4 Å². The Morgan fingerprint density at radius 2 is 1.62 bits per heavy atom. The van der Waals surface area contributed by atoms with E-state index in [0.29, 0.717) is 44.1 Å². The van der Waals surface area contributed by atoms with E-state index in [9.17, 15) is 29.4 Å². The first-order valence-electron chi connectivity index (χ1n) is 27.0. The molecule has 2 aromatic carbocycles. The zero-order chi connectivity index (χ0) is 53.4. The molecule has 4 heterocycles. The highest BCUT2D eigenvalue weighted by Gasteiger charge is 2.56. The Kier molecular flexibility index (Phi) is 19.4. The van der Waals surface area contributed by atoms with E-state index in [1.54, 1.807) is 34.1 Å². The number of amides is 1. The molecule has 0 radical (unpaired) electrons. The van der Waals surface area contributed by atoms with Gasteiger partial charge in [-0.25, -0.2) is 4.79 Å². The van der Waals surface area contributed by atoms with Gasteiger partial charge < -0.3 is 48.3 Å². The van der Waals surface area contributed by atoms with Crippen LogP contribution in [0.25, 0.3) is 10.9 Å². The van der Waals surface area contributed by atoms with E-state index in [0.717, 1.165) is 36.0 Å². The number of carbonyl (C=O) groups is 4. The summed E-state index contributed by atoms with van der Waals surface area (Å²) in [6.45, 7) is 14.2. The molecule has 0 spiro atoms. The number of carbonyl (C=O) groups excluding carboxylic acids is 4. The third-order valence-electron chi connectivity index (χ3n) is 16.7. The third kappa shape index (κ3) is 12.8. The molecule has 2 saturated heterocycles. The fraction of sp³-hybridized carbons (Fsp3) is 0.600. The number of ether oxygens (including phenoxy) is 5. The van der Waals surface area contributed by atoms with E-state index in [4.69, 9.17) is 23.7 Å². The second kappa shape index (κ2) is 25.3. The van der Waals surface area contributed by atoms with Crippen molar-refractivity contribution in [1.29, 1.82) is 0 Å². The molecule has 3 fully saturated rings. The van der Waals surface area contributed by atoms with Gasteiger partial charge in [-0.1, -0.05) is 74.9 Å². The van der Waals surface area contributed by atoms with Crippen molar-refractivity contribution in [3.8, 4) is 0 Å². The monoisotopic (exact) mass is 1020 g/mol. The average molecular weight is 1020 g/mol. The van der Waals surface area contributed by atoms with Gasteiger partial charge in [-0.15, -0.1) is 6.58 Å². The van der Waals surface area contributed by atoms with Crippen LogP contribution >= 0.6 is 0 Å². The standard InChI is InChI=1S/C60H83N3O11/c1-11-17-45-29-37(2)28-38(3)30-53(71-9)56-54(72-10)32-40(5)60(69,74-56)57(66)58(67)63-26-16-15-20-49(63)59(68)73-55(41(6)50(64)35-51(45)65)39(4)31-43-21-23-48(52(33-43)70-8)61(7)46-22-24-47-44(34-46)25-27-62(47)36-42-18-13-12-14-19-42/h11-14,18-19,22,24-25,27,29,31,34,38,40-41,43,45,48-50,52-56,64,69H,1,15-17,20-21,23,26,28,30,32-33,35-36H2,2-10H3. The van der Waals surface area contributed by atoms with Crippen LogP contribution in [0.1, 0.15) is 111 Å². The predicted octanol–water partition coefficient (Wildman–Crippen LogP) is 8.79. The topological polar surface area (TPSA) is 166 Å². The number of cyclic esters (lactones) is 1. The summed E-state index contributed by atoms with van der Waals surface area (Å²) in [4.78, 5) is 61.4. The second-order valence-corrected chi connectivity index (χ2v) is 22.1. The van der Waals surface area contributed by atoms with Gasteiger partial charge in [0.15, 0.2) is 0 Å². The number of benzene rings is 2. The van der Waals surface area contributed by atoms with E-state index < -0.39 is 77.8 Å². The quantitative estimate of drug-likeness (QED) is 0.107. The number of hydrogen-bond donors (Lipinski definition) is 2. The van der Waals surface area contributed by atoms with E-state index in [1.165, 1.54) is 23.1 Å². The van der Waals surface area contributed by atoms with E-state index in [-0.39, 0.29) is 55.6 Å². The number of likely N-dealkylation sites (N-methyl/N-ethyl adjacent to an activating group) is 1. The number of methoxy groups -OCH3 is 3. The van der Waals surface area contributed by atoms with Gasteiger partial charge >= 0.3 is 5.97 Å². The third-order valence-corrected chi connectivity index (χ3v) is 16.7. The number of allylic oxidation sites excluding steroid dienone is 4. The smallest absolute Gasteiger partial charge is 0.329 e. The van der Waals surface area contributed by atoms with Crippen molar-refractivity contribution in [1.82, 2.24) is 9.47 Å². The normalized spacial score (nSPS) is 33.6. The van der Waals surface area contributed by atoms with Crippen LogP contribution in [0.4, 0.5) is 5.69 Å². The minimum atomic E-state index is -2.52. The number of ketones is 2. The van der Waals surface area contributed by atoms with Crippen LogP contribution < -0.4 is 4.90 Å². The first kappa shape index (κ1) is 56.8. The van der Waals surface area contributed by atoms with Gasteiger partial charge in [-0.05, 0) is 125 Å². The number of esters is 1. The van der Waals surface area contributed by atoms with Crippen molar-refractivity contribution < 1.29 is 53.1 Å². The number of rotatable bonds is 11. The number of fused-ring (bicyclic) bond motifs is 4. The van der Waals surface area contributed by atoms with Crippen LogP contribution in [0.2, 0.25) is 0 Å². The lowest BCUT2D eigenvalue weighted by Crippen LogP contribution is -2.64. The van der Waals surface area contributed by atoms with E-state index in [2.05, 4.69) is 90.8 Å². The molecule has 2 N–H and O–H groups in total. The molecule has 3 aromatic rings. The number of anilines is 1. The molecule has 404 valence electrons. The first-order valence-corrected chi connectivity index (χ1v) is 27.0. The van der Waals surface area contributed by atoms with Gasteiger partial charge in [0.05, 0.1) is 30.5 Å². The largest absolute Gasteiger partial charge is 0.456 e. The predicted molar refractivity (Wildman–Crippen MR) is 286 cm³/mol. The van der Waals surface area contributed by atoms with E-state index >= 15 is 0 Å². The second-order valence-electron chi connectivity index (χ2n) is 22.1. The summed E-state index contributed by atoms with van der Waals surface area (Å²) in [7, 11) is 6.94. The van der Waals surface area contributed by atoms with Gasteiger partial charge in [0, 0.05) is 88.4 Å². The van der Waals surface area contributed by atoms with Crippen LogP contribution in [0.3, 0.4) is 0 Å². The lowest BCUT2D eigenvalue weighted by molar-refractivity contribution is -0.302. The SMILES string of the molecule is C=CCC1C=C(C)CC(C)CC(OC)C2OC(O)(C(=O)C(=O)N3CCCCC3C(=O)OC(C(C)=CC3CCC(N(C)c4ccc5c(ccn5Cc5ccccc5)c4)C(OC)C3)C(C)C(O)CC1=O)C(C)CC2OC. The van der Waals surface area contributed by atoms with Crippen molar-refractivity contribution in [3.63, 3.8) is 0 Å². The lowest BCUT2D eigenvalue weighted by atomic mass is 9.80. The molecule has 14 heteroatoms. The minimum Gasteiger partial charge on any atom is -0.456 e. The summed E-state index contributed by atoms with van der Waals surface area (Å²) in [5.74, 6) is -7.70. The van der Waals surface area contributed by atoms with E-state index in [1.807, 2.05) is 26.0 Å². The minimum absolute atomic E-state index is 0.00351. The summed E-state index contributed by atoms with van der Waals surface area (Å²) in [5.41, 5.74) is 5.18. The highest BCUT2D eigenvalue weighted by atomic mass is 16.7. The maximum absolute atomic E-state index is 14.7. The van der Waals surface area contributed by atoms with Gasteiger partial charge in [-0.2, -0.15) is 0 Å². The number of aliphatic hydroxyl groups excluding tert-OH is 1. The lowest BCUT2D eigenvalue weighted by Gasteiger charge is -2.47. The molecule has 2 bridgehead atoms. The number of aliphatic hydroxyl groups is 2. The Balaban J connectivity index is 1.16. The van der Waals surface area contributed by atoms with Crippen molar-refractivity contribution >= 4 is 40.0 Å². The Morgan fingerprint density at radius 3 is 2.32 bits per heavy atom. The van der Waals surface area contributed by atoms with Crippen LogP contribution in [-0.4, -0.2) is 133 Å². The molecule has 74 heavy (non-hydrogen) atoms. The Bertz CT molecular complexity index is 2490. The number of nitrogens with zero attached hydrogens (tertiary/aromatic N) is 3. The summed E-state index contributed by atoms with van der Waals surface area (Å²) in [5, 5.41) is 25.4. The highest BCUT2D eigenvalue weighted by Crippen LogP contribution is 2.40. The average Bonchev–Trinajstić information content (AvgIpc) is 3.80. The van der Waals surface area contributed by atoms with Crippen molar-refractivity contribution in [2.24, 2.45) is 29.6 Å². The Labute approximate surface area is 439 Å². The molecule has 1 saturated carbocycles. The number of piperidine rings is 1. The number of Topliss-reactive ketones (excluding diaryl/α,β-unsaturated/α-hetero) is 2. The Hall–Kier alpha value is -4.96. The van der Waals surface area contributed by atoms with Crippen molar-refractivity contribution in [2.45, 2.75) is 166 Å². The first-order chi connectivity index (χ1) is 35.4. The number of aromatic nitrogens is 1. The van der Waals surface area contributed by atoms with Crippen LogP contribution in [0, 0.1) is 29.6 Å². The maximum Gasteiger partial charge on any atom is 0.329 e. The summed E-state index contributed by atoms with van der Waals surface area (Å²) >= 11 is 0. The van der Waals surface area contributed by atoms with Crippen molar-refractivity contribution in [3.05, 3.63) is 102 Å². The molecule has 14 nitrogen and oxygen atoms in total. The fourth-order valence-electron chi connectivity index (χ4n) is 12.4. The molecule has 1 aromatic heterocycles. The number of hydrogen-bond acceptors (Lipinski definition) is 12. The van der Waals surface area contributed by atoms with Gasteiger partial charge in [0.25, 0.3) is 11.7 Å². The van der Waals surface area contributed by atoms with Crippen LogP contribution in [0.5, 0.6) is 0 Å². The van der Waals surface area contributed by atoms with Crippen molar-refractivity contribution in [2.75, 3.05) is 39.8 Å². The molecule has 1 amide bonds. The molecule has 3 aliphatic heterocycles. The Morgan fingerprint density at radius 1 is 0.905 bits per heavy atom. The molecule has 1 aliphatic carbocycles. The summed E-state index contributed by atoms with van der Waals surface area (Å²) < 4.78 is 33.1. The molecular formula is C60H83N3O11. The molecule has 14 unspecified atom stereocenters. The summed E-state index contributed by atoms with van der Waals surface area (Å²) in [6, 6.07) is 18.1. The summed E-state index contributed by atoms with van der Waals surface area (Å²) in [6.07, 6.45) is 8.63. The van der Waals surface area contributed by atoms with Gasteiger partial charge in [0.1, 0.15) is 24.0 Å². The van der Waals surface area contributed by atoms with Crippen LogP contribution in [0.15, 0.2) is 96.7 Å². The molecule has 14 atom stereocenters. The molecular weight excluding hydrogens is 939 g/mol. The fourth-order valence-corrected chi connectivity index (χ4v) is 12.4. The van der Waals surface area contributed by atoms with Gasteiger partial charge in [-0.3, -0.25) is 14.4 Å². The van der Waals surface area contributed by atoms with Gasteiger partial charge in [0.2, 0.25) is 5.79 Å². The highest BCUT2D eigenvalue weighted by molar-refractivity contribution is 6.39.